The van der Waals surface area contributed by atoms with Crippen LogP contribution in [-0.2, 0) is 4.79 Å². The minimum absolute atomic E-state index is 0.0237. The Kier molecular flexibility index (Phi) is 3.65. The van der Waals surface area contributed by atoms with E-state index in [4.69, 9.17) is 5.11 Å². The average Bonchev–Trinajstić information content (AvgIpc) is 2.89. The Morgan fingerprint density at radius 3 is 2.35 bits per heavy atom. The van der Waals surface area contributed by atoms with Crippen molar-refractivity contribution >= 4 is 11.9 Å². The molecule has 1 fully saturated rings. The van der Waals surface area contributed by atoms with Crippen LogP contribution in [0.5, 0.6) is 0 Å². The molecule has 1 heterocycles. The fourth-order valence-corrected chi connectivity index (χ4v) is 2.05. The average molecular weight is 291 g/mol. The predicted molar refractivity (Wildman–Crippen MR) is 57.9 cm³/mol. The normalized spacial score (nSPS) is 18.4. The van der Waals surface area contributed by atoms with Crippen LogP contribution in [0.25, 0.3) is 0 Å². The topological polar surface area (TPSA) is 57.6 Å². The Morgan fingerprint density at radius 2 is 1.80 bits per heavy atom. The minimum atomic E-state index is -2.07. The Morgan fingerprint density at radius 1 is 1.15 bits per heavy atom. The van der Waals surface area contributed by atoms with E-state index in [2.05, 4.69) is 0 Å². The molecule has 0 radical (unpaired) electrons. The highest BCUT2D eigenvalue weighted by atomic mass is 19.2. The highest BCUT2D eigenvalue weighted by Crippen LogP contribution is 2.23. The molecule has 1 aliphatic rings. The maximum atomic E-state index is 13.5. The zero-order valence-corrected chi connectivity index (χ0v) is 10.00. The first-order valence-electron chi connectivity index (χ1n) is 5.68. The summed E-state index contributed by atoms with van der Waals surface area (Å²) in [5, 5.41) is 8.78. The van der Waals surface area contributed by atoms with Gasteiger partial charge in [0.2, 0.25) is 0 Å². The third-order valence-corrected chi connectivity index (χ3v) is 3.16. The quantitative estimate of drug-likeness (QED) is 0.513. The van der Waals surface area contributed by atoms with Gasteiger partial charge in [0.05, 0.1) is 11.5 Å². The fourth-order valence-electron chi connectivity index (χ4n) is 2.05. The van der Waals surface area contributed by atoms with Crippen molar-refractivity contribution in [2.75, 3.05) is 13.1 Å². The van der Waals surface area contributed by atoms with Crippen molar-refractivity contribution in [3.63, 3.8) is 0 Å². The van der Waals surface area contributed by atoms with E-state index in [0.717, 1.165) is 4.90 Å². The summed E-state index contributed by atoms with van der Waals surface area (Å²) in [5.41, 5.74) is -0.951. The van der Waals surface area contributed by atoms with Crippen molar-refractivity contribution < 1.29 is 32.3 Å². The van der Waals surface area contributed by atoms with Gasteiger partial charge in [-0.1, -0.05) is 0 Å². The van der Waals surface area contributed by atoms with Crippen LogP contribution in [0, 0.1) is 29.2 Å². The van der Waals surface area contributed by atoms with Crippen molar-refractivity contribution in [3.8, 4) is 0 Å². The van der Waals surface area contributed by atoms with Gasteiger partial charge in [-0.2, -0.15) is 0 Å². The fraction of sp³-hybridized carbons (Fsp3) is 0.333. The van der Waals surface area contributed by atoms with Gasteiger partial charge >= 0.3 is 5.97 Å². The first-order valence-corrected chi connectivity index (χ1v) is 5.68. The lowest BCUT2D eigenvalue weighted by Crippen LogP contribution is -2.31. The lowest BCUT2D eigenvalue weighted by molar-refractivity contribution is -0.141. The number of carbonyl (C=O) groups is 2. The molecule has 0 bridgehead atoms. The number of amides is 1. The van der Waals surface area contributed by atoms with Crippen LogP contribution in [0.15, 0.2) is 6.07 Å². The highest BCUT2D eigenvalue weighted by Gasteiger charge is 2.33. The number of rotatable bonds is 2. The number of benzene rings is 1. The Hall–Kier alpha value is -2.12. The third kappa shape index (κ3) is 2.33. The van der Waals surface area contributed by atoms with E-state index in [0.29, 0.717) is 0 Å². The third-order valence-electron chi connectivity index (χ3n) is 3.16. The molecule has 1 aliphatic heterocycles. The van der Waals surface area contributed by atoms with Gasteiger partial charge in [0.1, 0.15) is 0 Å². The molecule has 1 unspecified atom stereocenters. The molecule has 0 aliphatic carbocycles. The summed E-state index contributed by atoms with van der Waals surface area (Å²) >= 11 is 0. The molecule has 108 valence electrons. The Labute approximate surface area is 110 Å². The van der Waals surface area contributed by atoms with Gasteiger partial charge in [0.25, 0.3) is 5.91 Å². The zero-order valence-electron chi connectivity index (χ0n) is 10.00. The van der Waals surface area contributed by atoms with E-state index in [9.17, 15) is 27.2 Å². The maximum absolute atomic E-state index is 13.5. The van der Waals surface area contributed by atoms with Gasteiger partial charge in [-0.25, -0.2) is 17.6 Å². The van der Waals surface area contributed by atoms with E-state index >= 15 is 0 Å². The number of likely N-dealkylation sites (tertiary alicyclic amines) is 1. The number of hydrogen-bond acceptors (Lipinski definition) is 2. The van der Waals surface area contributed by atoms with E-state index in [1.165, 1.54) is 0 Å². The molecule has 1 amide bonds. The van der Waals surface area contributed by atoms with Crippen molar-refractivity contribution in [2.24, 2.45) is 5.92 Å². The molecule has 1 N–H and O–H groups in total. The zero-order chi connectivity index (χ0) is 15.0. The predicted octanol–water partition coefficient (Wildman–Crippen LogP) is 1.79. The van der Waals surface area contributed by atoms with Crippen molar-refractivity contribution in [1.29, 1.82) is 0 Å². The molecule has 1 atom stereocenters. The first kappa shape index (κ1) is 14.3. The Bertz CT molecular complexity index is 591. The van der Waals surface area contributed by atoms with Crippen LogP contribution in [0.4, 0.5) is 17.6 Å². The number of halogens is 4. The molecule has 2 rings (SSSR count). The van der Waals surface area contributed by atoms with E-state index in [1.54, 1.807) is 0 Å². The van der Waals surface area contributed by atoms with Gasteiger partial charge in [-0.05, 0) is 12.5 Å². The minimum Gasteiger partial charge on any atom is -0.481 e. The van der Waals surface area contributed by atoms with E-state index in [1.807, 2.05) is 0 Å². The second-order valence-electron chi connectivity index (χ2n) is 4.42. The highest BCUT2D eigenvalue weighted by molar-refractivity contribution is 5.95. The lowest BCUT2D eigenvalue weighted by Gasteiger charge is -2.16. The monoisotopic (exact) mass is 291 g/mol. The van der Waals surface area contributed by atoms with Crippen molar-refractivity contribution in [1.82, 2.24) is 4.90 Å². The smallest absolute Gasteiger partial charge is 0.308 e. The SMILES string of the molecule is O=C(O)C1CCN(C(=O)c2cc(F)c(F)c(F)c2F)C1. The molecule has 0 saturated carbocycles. The molecule has 1 saturated heterocycles. The lowest BCUT2D eigenvalue weighted by atomic mass is 10.1. The molecular weight excluding hydrogens is 282 g/mol. The van der Waals surface area contributed by atoms with Crippen LogP contribution in [0.2, 0.25) is 0 Å². The largest absolute Gasteiger partial charge is 0.481 e. The van der Waals surface area contributed by atoms with Gasteiger partial charge < -0.3 is 10.0 Å². The molecule has 1 aromatic rings. The molecule has 1 aromatic carbocycles. The summed E-state index contributed by atoms with van der Waals surface area (Å²) in [6.45, 7) is -0.163. The summed E-state index contributed by atoms with van der Waals surface area (Å²) in [4.78, 5) is 23.6. The van der Waals surface area contributed by atoms with Crippen LogP contribution in [-0.4, -0.2) is 35.0 Å². The molecule has 0 spiro atoms. The van der Waals surface area contributed by atoms with Gasteiger partial charge in [-0.15, -0.1) is 0 Å². The number of aliphatic carboxylic acids is 1. The second-order valence-corrected chi connectivity index (χ2v) is 4.42. The number of carbonyl (C=O) groups excluding carboxylic acids is 1. The van der Waals surface area contributed by atoms with Gasteiger partial charge in [-0.3, -0.25) is 9.59 Å². The molecule has 20 heavy (non-hydrogen) atoms. The van der Waals surface area contributed by atoms with Crippen LogP contribution < -0.4 is 0 Å². The summed E-state index contributed by atoms with van der Waals surface area (Å²) in [7, 11) is 0. The van der Waals surface area contributed by atoms with Crippen LogP contribution in [0.3, 0.4) is 0 Å². The molecule has 8 heteroatoms. The number of carboxylic acids is 1. The summed E-state index contributed by atoms with van der Waals surface area (Å²) in [5.74, 6) is -10.5. The maximum Gasteiger partial charge on any atom is 0.308 e. The summed E-state index contributed by atoms with van der Waals surface area (Å²) in [6.07, 6.45) is 0.162. The number of hydrogen-bond donors (Lipinski definition) is 1. The van der Waals surface area contributed by atoms with E-state index < -0.39 is 46.6 Å². The number of carboxylic acid groups (broad SMARTS) is 1. The second kappa shape index (κ2) is 5.10. The first-order chi connectivity index (χ1) is 9.32. The molecule has 0 aromatic heterocycles. The van der Waals surface area contributed by atoms with Gasteiger partial charge in [0.15, 0.2) is 23.3 Å². The van der Waals surface area contributed by atoms with E-state index in [-0.39, 0.29) is 25.6 Å². The summed E-state index contributed by atoms with van der Waals surface area (Å²) < 4.78 is 52.3. The van der Waals surface area contributed by atoms with Crippen molar-refractivity contribution in [2.45, 2.75) is 6.42 Å². The van der Waals surface area contributed by atoms with Gasteiger partial charge in [0, 0.05) is 13.1 Å². The number of nitrogens with zero attached hydrogens (tertiary/aromatic N) is 1. The molecule has 4 nitrogen and oxygen atoms in total. The standard InChI is InChI=1S/C12H9F4NO3/c13-7-3-6(8(14)10(16)9(7)15)11(18)17-2-1-5(4-17)12(19)20/h3,5H,1-2,4H2,(H,19,20). The van der Waals surface area contributed by atoms with Crippen molar-refractivity contribution in [3.05, 3.63) is 34.9 Å². The molecular formula is C12H9F4NO3. The Balaban J connectivity index is 2.29. The van der Waals surface area contributed by atoms with Crippen LogP contribution >= 0.6 is 0 Å². The van der Waals surface area contributed by atoms with Crippen LogP contribution in [0.1, 0.15) is 16.8 Å². The summed E-state index contributed by atoms with van der Waals surface area (Å²) in [6, 6.07) is 0.268.